The van der Waals surface area contributed by atoms with Crippen molar-refractivity contribution < 1.29 is 4.79 Å². The number of rotatable bonds is 3. The summed E-state index contributed by atoms with van der Waals surface area (Å²) in [4.78, 5) is 23.6. The summed E-state index contributed by atoms with van der Waals surface area (Å²) in [5, 5.41) is 0.920. The number of hydrogen-bond acceptors (Lipinski definition) is 5. The fourth-order valence-electron chi connectivity index (χ4n) is 2.25. The second-order valence-electron chi connectivity index (χ2n) is 4.76. The first-order valence-corrected chi connectivity index (χ1v) is 7.18. The van der Waals surface area contributed by atoms with E-state index in [1.165, 1.54) is 0 Å². The maximum atomic E-state index is 11.8. The Balaban J connectivity index is 1.81. The van der Waals surface area contributed by atoms with Crippen molar-refractivity contribution in [1.82, 2.24) is 9.97 Å². The molecule has 2 aromatic heterocycles. The van der Waals surface area contributed by atoms with Crippen molar-refractivity contribution in [3.8, 4) is 0 Å². The molecule has 5 heteroatoms. The summed E-state index contributed by atoms with van der Waals surface area (Å²) in [7, 11) is 2.00. The van der Waals surface area contributed by atoms with Crippen LogP contribution in [0.1, 0.15) is 33.8 Å². The summed E-state index contributed by atoms with van der Waals surface area (Å²) in [5.41, 5.74) is 1.84. The van der Waals surface area contributed by atoms with Gasteiger partial charge in [-0.1, -0.05) is 6.07 Å². The number of nitrogens with zero attached hydrogens (tertiary/aromatic N) is 3. The van der Waals surface area contributed by atoms with Gasteiger partial charge in [0, 0.05) is 37.3 Å². The molecule has 1 aliphatic carbocycles. The SMILES string of the molecule is CN(Cc1cccnc1)c1nc2c(s1)CCCC2=O. The maximum Gasteiger partial charge on any atom is 0.186 e. The number of carbonyl (C=O) groups is 1. The van der Waals surface area contributed by atoms with Crippen molar-refractivity contribution >= 4 is 22.3 Å². The van der Waals surface area contributed by atoms with Crippen LogP contribution in [0.5, 0.6) is 0 Å². The molecule has 0 bridgehead atoms. The lowest BCUT2D eigenvalue weighted by atomic mass is 10.0. The van der Waals surface area contributed by atoms with Crippen LogP contribution < -0.4 is 4.90 Å². The van der Waals surface area contributed by atoms with E-state index in [1.54, 1.807) is 17.5 Å². The topological polar surface area (TPSA) is 46.1 Å². The zero-order valence-electron chi connectivity index (χ0n) is 10.8. The molecule has 98 valence electrons. The van der Waals surface area contributed by atoms with Crippen molar-refractivity contribution in [1.29, 1.82) is 0 Å². The lowest BCUT2D eigenvalue weighted by molar-refractivity contribution is 0.0968. The molecular formula is C14H15N3OS. The molecule has 1 aliphatic rings. The van der Waals surface area contributed by atoms with Crippen LogP contribution in [0.15, 0.2) is 24.5 Å². The van der Waals surface area contributed by atoms with Crippen LogP contribution in [0.4, 0.5) is 5.13 Å². The summed E-state index contributed by atoms with van der Waals surface area (Å²) in [6.45, 7) is 0.758. The molecule has 0 radical (unpaired) electrons. The number of pyridine rings is 1. The molecular weight excluding hydrogens is 258 g/mol. The third-order valence-electron chi connectivity index (χ3n) is 3.23. The Labute approximate surface area is 116 Å². The predicted molar refractivity (Wildman–Crippen MR) is 75.7 cm³/mol. The van der Waals surface area contributed by atoms with Crippen LogP contribution in [0.3, 0.4) is 0 Å². The second kappa shape index (κ2) is 5.09. The van der Waals surface area contributed by atoms with Crippen LogP contribution >= 0.6 is 11.3 Å². The second-order valence-corrected chi connectivity index (χ2v) is 5.82. The highest BCUT2D eigenvalue weighted by atomic mass is 32.1. The van der Waals surface area contributed by atoms with E-state index >= 15 is 0 Å². The normalized spacial score (nSPS) is 14.3. The first-order chi connectivity index (χ1) is 9.24. The fourth-order valence-corrected chi connectivity index (χ4v) is 3.33. The summed E-state index contributed by atoms with van der Waals surface area (Å²) in [6, 6.07) is 3.97. The Kier molecular flexibility index (Phi) is 3.29. The van der Waals surface area contributed by atoms with Gasteiger partial charge >= 0.3 is 0 Å². The van der Waals surface area contributed by atoms with E-state index < -0.39 is 0 Å². The van der Waals surface area contributed by atoms with Crippen LogP contribution in [0, 0.1) is 0 Å². The molecule has 19 heavy (non-hydrogen) atoms. The van der Waals surface area contributed by atoms with Gasteiger partial charge in [0.2, 0.25) is 0 Å². The minimum atomic E-state index is 0.193. The van der Waals surface area contributed by atoms with Gasteiger partial charge in [0.1, 0.15) is 5.69 Å². The number of ketones is 1. The number of hydrogen-bond donors (Lipinski definition) is 0. The van der Waals surface area contributed by atoms with Crippen molar-refractivity contribution in [2.24, 2.45) is 0 Å². The molecule has 0 spiro atoms. The van der Waals surface area contributed by atoms with Gasteiger partial charge in [-0.15, -0.1) is 11.3 Å². The smallest absolute Gasteiger partial charge is 0.186 e. The Morgan fingerprint density at radius 1 is 1.42 bits per heavy atom. The zero-order valence-corrected chi connectivity index (χ0v) is 11.6. The number of aromatic nitrogens is 2. The van der Waals surface area contributed by atoms with Gasteiger partial charge in [-0.2, -0.15) is 0 Å². The van der Waals surface area contributed by atoms with Gasteiger partial charge in [0.15, 0.2) is 10.9 Å². The summed E-state index contributed by atoms with van der Waals surface area (Å²) in [6.07, 6.45) is 6.21. The predicted octanol–water partition coefficient (Wildman–Crippen LogP) is 2.69. The van der Waals surface area contributed by atoms with Gasteiger partial charge < -0.3 is 4.90 Å². The largest absolute Gasteiger partial charge is 0.347 e. The fraction of sp³-hybridized carbons (Fsp3) is 0.357. The standard InChI is InChI=1S/C14H15N3OS/c1-17(9-10-4-3-7-15-8-10)14-16-13-11(18)5-2-6-12(13)19-14/h3-4,7-8H,2,5-6,9H2,1H3. The minimum absolute atomic E-state index is 0.193. The molecule has 0 aliphatic heterocycles. The summed E-state index contributed by atoms with van der Waals surface area (Å²) >= 11 is 1.64. The molecule has 0 aromatic carbocycles. The highest BCUT2D eigenvalue weighted by Crippen LogP contribution is 2.31. The quantitative estimate of drug-likeness (QED) is 0.862. The Morgan fingerprint density at radius 3 is 3.05 bits per heavy atom. The van der Waals surface area contributed by atoms with E-state index in [2.05, 4.69) is 14.9 Å². The van der Waals surface area contributed by atoms with Crippen LogP contribution in [0.25, 0.3) is 0 Å². The van der Waals surface area contributed by atoms with E-state index in [0.717, 1.165) is 35.0 Å². The zero-order chi connectivity index (χ0) is 13.2. The molecule has 0 saturated carbocycles. The highest BCUT2D eigenvalue weighted by Gasteiger charge is 2.23. The van der Waals surface area contributed by atoms with Crippen molar-refractivity contribution in [2.45, 2.75) is 25.8 Å². The van der Waals surface area contributed by atoms with Crippen LogP contribution in [-0.4, -0.2) is 22.8 Å². The molecule has 0 unspecified atom stereocenters. The lowest BCUT2D eigenvalue weighted by Crippen LogP contribution is -2.16. The highest BCUT2D eigenvalue weighted by molar-refractivity contribution is 7.15. The number of fused-ring (bicyclic) bond motifs is 1. The van der Waals surface area contributed by atoms with Crippen LogP contribution in [-0.2, 0) is 13.0 Å². The summed E-state index contributed by atoms with van der Waals surface area (Å²) < 4.78 is 0. The lowest BCUT2D eigenvalue weighted by Gasteiger charge is -2.15. The van der Waals surface area contributed by atoms with Gasteiger partial charge in [-0.25, -0.2) is 4.98 Å². The van der Waals surface area contributed by atoms with E-state index in [1.807, 2.05) is 25.4 Å². The van der Waals surface area contributed by atoms with Gasteiger partial charge in [0.05, 0.1) is 0 Å². The van der Waals surface area contributed by atoms with Crippen molar-refractivity contribution in [3.05, 3.63) is 40.7 Å². The van der Waals surface area contributed by atoms with Crippen molar-refractivity contribution in [2.75, 3.05) is 11.9 Å². The maximum absolute atomic E-state index is 11.8. The van der Waals surface area contributed by atoms with E-state index in [4.69, 9.17) is 0 Å². The Hall–Kier alpha value is -1.75. The molecule has 0 N–H and O–H groups in total. The molecule has 0 atom stereocenters. The first kappa shape index (κ1) is 12.3. The van der Waals surface area contributed by atoms with E-state index in [-0.39, 0.29) is 5.78 Å². The third kappa shape index (κ3) is 2.51. The molecule has 0 amide bonds. The van der Waals surface area contributed by atoms with E-state index in [0.29, 0.717) is 12.1 Å². The first-order valence-electron chi connectivity index (χ1n) is 6.37. The van der Waals surface area contributed by atoms with Crippen LogP contribution in [0.2, 0.25) is 0 Å². The molecule has 4 nitrogen and oxygen atoms in total. The number of anilines is 1. The molecule has 0 saturated heterocycles. The number of thiazole rings is 1. The molecule has 3 rings (SSSR count). The average Bonchev–Trinajstić information content (AvgIpc) is 2.85. The molecule has 2 heterocycles. The monoisotopic (exact) mass is 273 g/mol. The number of carbonyl (C=O) groups excluding carboxylic acids is 1. The number of aryl methyl sites for hydroxylation is 1. The summed E-state index contributed by atoms with van der Waals surface area (Å²) in [5.74, 6) is 0.193. The van der Waals surface area contributed by atoms with E-state index in [9.17, 15) is 4.79 Å². The van der Waals surface area contributed by atoms with Gasteiger partial charge in [0.25, 0.3) is 0 Å². The number of Topliss-reactive ketones (excluding diaryl/α,β-unsaturated/α-hetero) is 1. The Morgan fingerprint density at radius 2 is 2.32 bits per heavy atom. The minimum Gasteiger partial charge on any atom is -0.347 e. The molecule has 0 fully saturated rings. The van der Waals surface area contributed by atoms with Gasteiger partial charge in [-0.3, -0.25) is 9.78 Å². The van der Waals surface area contributed by atoms with Gasteiger partial charge in [-0.05, 0) is 24.5 Å². The molecule has 2 aromatic rings. The Bertz CT molecular complexity index is 594. The van der Waals surface area contributed by atoms with Crippen molar-refractivity contribution in [3.63, 3.8) is 0 Å². The third-order valence-corrected chi connectivity index (χ3v) is 4.46. The average molecular weight is 273 g/mol.